The number of carbonyl (C=O) groups is 1. The summed E-state index contributed by atoms with van der Waals surface area (Å²) in [6.45, 7) is 7.58. The van der Waals surface area contributed by atoms with E-state index in [-0.39, 0.29) is 17.8 Å². The lowest BCUT2D eigenvalue weighted by Crippen LogP contribution is -2.29. The van der Waals surface area contributed by atoms with Gasteiger partial charge in [0, 0.05) is 6.61 Å². The van der Waals surface area contributed by atoms with E-state index in [9.17, 15) is 4.79 Å². The second-order valence-corrected chi connectivity index (χ2v) is 5.57. The van der Waals surface area contributed by atoms with Crippen LogP contribution in [0.25, 0.3) is 0 Å². The van der Waals surface area contributed by atoms with Gasteiger partial charge >= 0.3 is 5.97 Å². The molecule has 0 saturated heterocycles. The fourth-order valence-electron chi connectivity index (χ4n) is 0.777. The monoisotopic (exact) mass is 220 g/mol. The molecule has 1 atom stereocenters. The van der Waals surface area contributed by atoms with Crippen LogP contribution in [0.2, 0.25) is 0 Å². The standard InChI is InChI=1S/C10H20O3S/c1-8(14-7-5-6-11)9(12)13-10(2,3)4/h8,11H,5-7H2,1-4H3. The molecule has 0 aliphatic heterocycles. The molecule has 0 spiro atoms. The Labute approximate surface area is 90.2 Å². The van der Waals surface area contributed by atoms with E-state index in [2.05, 4.69) is 0 Å². The highest BCUT2D eigenvalue weighted by Gasteiger charge is 2.21. The van der Waals surface area contributed by atoms with Crippen molar-refractivity contribution >= 4 is 17.7 Å². The first-order valence-electron chi connectivity index (χ1n) is 4.82. The molecule has 0 aromatic rings. The molecule has 0 aliphatic rings. The summed E-state index contributed by atoms with van der Waals surface area (Å²) in [5.74, 6) is 0.608. The average Bonchev–Trinajstić information content (AvgIpc) is 2.01. The van der Waals surface area contributed by atoms with Crippen molar-refractivity contribution in [2.24, 2.45) is 0 Å². The highest BCUT2D eigenvalue weighted by molar-refractivity contribution is 8.00. The maximum absolute atomic E-state index is 11.4. The highest BCUT2D eigenvalue weighted by Crippen LogP contribution is 2.16. The number of ether oxygens (including phenoxy) is 1. The number of rotatable bonds is 5. The SMILES string of the molecule is CC(SCCCO)C(=O)OC(C)(C)C. The first-order valence-corrected chi connectivity index (χ1v) is 5.87. The molecule has 0 saturated carbocycles. The quantitative estimate of drug-likeness (QED) is 0.567. The topological polar surface area (TPSA) is 46.5 Å². The molecule has 84 valence electrons. The Morgan fingerprint density at radius 1 is 1.50 bits per heavy atom. The smallest absolute Gasteiger partial charge is 0.319 e. The van der Waals surface area contributed by atoms with E-state index in [1.165, 1.54) is 11.8 Å². The van der Waals surface area contributed by atoms with Gasteiger partial charge in [-0.15, -0.1) is 11.8 Å². The van der Waals surface area contributed by atoms with E-state index in [1.807, 2.05) is 27.7 Å². The predicted octanol–water partition coefficient (Wildman–Crippen LogP) is 1.83. The van der Waals surface area contributed by atoms with Crippen LogP contribution in [0.5, 0.6) is 0 Å². The summed E-state index contributed by atoms with van der Waals surface area (Å²) in [5.41, 5.74) is -0.414. The first kappa shape index (κ1) is 13.8. The third kappa shape index (κ3) is 7.21. The number of aliphatic hydroxyl groups excluding tert-OH is 1. The fraction of sp³-hybridized carbons (Fsp3) is 0.900. The third-order valence-corrected chi connectivity index (χ3v) is 2.63. The third-order valence-electron chi connectivity index (χ3n) is 1.41. The zero-order valence-electron chi connectivity index (χ0n) is 9.37. The van der Waals surface area contributed by atoms with Crippen LogP contribution in [0.4, 0.5) is 0 Å². The Morgan fingerprint density at radius 2 is 2.07 bits per heavy atom. The number of hydrogen-bond donors (Lipinski definition) is 1. The molecule has 3 nitrogen and oxygen atoms in total. The van der Waals surface area contributed by atoms with Crippen LogP contribution in [0.1, 0.15) is 34.1 Å². The van der Waals surface area contributed by atoms with Crippen LogP contribution in [0, 0.1) is 0 Å². The summed E-state index contributed by atoms with van der Waals surface area (Å²) in [6, 6.07) is 0. The predicted molar refractivity (Wildman–Crippen MR) is 59.5 cm³/mol. The van der Waals surface area contributed by atoms with Gasteiger partial charge in [-0.25, -0.2) is 0 Å². The zero-order valence-corrected chi connectivity index (χ0v) is 10.2. The molecule has 0 aromatic carbocycles. The van der Waals surface area contributed by atoms with Gasteiger partial charge in [0.25, 0.3) is 0 Å². The van der Waals surface area contributed by atoms with E-state index >= 15 is 0 Å². The minimum Gasteiger partial charge on any atom is -0.459 e. The van der Waals surface area contributed by atoms with E-state index in [0.717, 1.165) is 12.2 Å². The maximum atomic E-state index is 11.4. The van der Waals surface area contributed by atoms with Gasteiger partial charge in [-0.2, -0.15) is 0 Å². The van der Waals surface area contributed by atoms with Crippen LogP contribution in [0.3, 0.4) is 0 Å². The molecule has 0 aromatic heterocycles. The van der Waals surface area contributed by atoms with Crippen LogP contribution in [-0.4, -0.2) is 34.3 Å². The number of thioether (sulfide) groups is 1. The lowest BCUT2D eigenvalue weighted by Gasteiger charge is -2.21. The van der Waals surface area contributed by atoms with Crippen LogP contribution in [0.15, 0.2) is 0 Å². The highest BCUT2D eigenvalue weighted by atomic mass is 32.2. The van der Waals surface area contributed by atoms with E-state index in [0.29, 0.717) is 0 Å². The molecule has 14 heavy (non-hydrogen) atoms. The molecule has 0 bridgehead atoms. The molecule has 0 radical (unpaired) electrons. The van der Waals surface area contributed by atoms with Crippen molar-refractivity contribution in [2.75, 3.05) is 12.4 Å². The largest absolute Gasteiger partial charge is 0.459 e. The zero-order chi connectivity index (χ0) is 11.2. The van der Waals surface area contributed by atoms with Crippen molar-refractivity contribution in [3.8, 4) is 0 Å². The summed E-state index contributed by atoms with van der Waals surface area (Å²) in [7, 11) is 0. The van der Waals surface area contributed by atoms with Gasteiger partial charge in [-0.3, -0.25) is 4.79 Å². The van der Waals surface area contributed by atoms with Gasteiger partial charge in [-0.05, 0) is 39.9 Å². The summed E-state index contributed by atoms with van der Waals surface area (Å²) < 4.78 is 5.21. The average molecular weight is 220 g/mol. The molecule has 0 heterocycles. The molecule has 1 unspecified atom stereocenters. The fourth-order valence-corrected chi connectivity index (χ4v) is 1.61. The molecular formula is C10H20O3S. The normalized spacial score (nSPS) is 13.8. The molecule has 0 fully saturated rings. The molecule has 0 rings (SSSR count). The Balaban J connectivity index is 3.77. The molecule has 1 N–H and O–H groups in total. The number of carbonyl (C=O) groups excluding carboxylic acids is 1. The van der Waals surface area contributed by atoms with Gasteiger partial charge < -0.3 is 9.84 Å². The number of hydrogen-bond acceptors (Lipinski definition) is 4. The van der Waals surface area contributed by atoms with E-state index in [4.69, 9.17) is 9.84 Å². The van der Waals surface area contributed by atoms with Crippen molar-refractivity contribution < 1.29 is 14.6 Å². The number of aliphatic hydroxyl groups is 1. The van der Waals surface area contributed by atoms with Crippen molar-refractivity contribution in [3.05, 3.63) is 0 Å². The minimum absolute atomic E-state index is 0.152. The lowest BCUT2D eigenvalue weighted by molar-refractivity contribution is -0.153. The Kier molecular flexibility index (Phi) is 6.20. The van der Waals surface area contributed by atoms with Crippen LogP contribution >= 0.6 is 11.8 Å². The van der Waals surface area contributed by atoms with Crippen molar-refractivity contribution in [1.29, 1.82) is 0 Å². The second kappa shape index (κ2) is 6.30. The van der Waals surface area contributed by atoms with E-state index in [1.54, 1.807) is 0 Å². The maximum Gasteiger partial charge on any atom is 0.319 e. The first-order chi connectivity index (χ1) is 6.37. The van der Waals surface area contributed by atoms with Gasteiger partial charge in [0.15, 0.2) is 0 Å². The summed E-state index contributed by atoms with van der Waals surface area (Å²) >= 11 is 1.52. The van der Waals surface area contributed by atoms with E-state index < -0.39 is 5.60 Å². The lowest BCUT2D eigenvalue weighted by atomic mass is 10.2. The van der Waals surface area contributed by atoms with Gasteiger partial charge in [-0.1, -0.05) is 0 Å². The van der Waals surface area contributed by atoms with Crippen molar-refractivity contribution in [3.63, 3.8) is 0 Å². The molecule has 0 amide bonds. The number of esters is 1. The molecule has 4 heteroatoms. The van der Waals surface area contributed by atoms with Crippen molar-refractivity contribution in [1.82, 2.24) is 0 Å². The van der Waals surface area contributed by atoms with Gasteiger partial charge in [0.05, 0.1) is 5.25 Å². The van der Waals surface area contributed by atoms with Gasteiger partial charge in [0.1, 0.15) is 5.60 Å². The van der Waals surface area contributed by atoms with Crippen molar-refractivity contribution in [2.45, 2.75) is 45.0 Å². The minimum atomic E-state index is -0.414. The summed E-state index contributed by atoms with van der Waals surface area (Å²) in [4.78, 5) is 11.4. The Morgan fingerprint density at radius 3 is 2.50 bits per heavy atom. The molecule has 0 aliphatic carbocycles. The second-order valence-electron chi connectivity index (χ2n) is 4.12. The Hall–Kier alpha value is -0.220. The van der Waals surface area contributed by atoms with Crippen LogP contribution in [-0.2, 0) is 9.53 Å². The van der Waals surface area contributed by atoms with Crippen LogP contribution < -0.4 is 0 Å². The van der Waals surface area contributed by atoms with Gasteiger partial charge in [0.2, 0.25) is 0 Å². The summed E-state index contributed by atoms with van der Waals surface area (Å²) in [6.07, 6.45) is 0.720. The summed E-state index contributed by atoms with van der Waals surface area (Å²) in [5, 5.41) is 8.42. The Bertz CT molecular complexity index is 175. The molecular weight excluding hydrogens is 200 g/mol.